The molecule has 0 amide bonds. The van der Waals surface area contributed by atoms with Crippen LogP contribution >= 0.6 is 0 Å². The summed E-state index contributed by atoms with van der Waals surface area (Å²) in [5, 5.41) is 19.0. The van der Waals surface area contributed by atoms with Crippen LogP contribution in [0.2, 0.25) is 0 Å². The van der Waals surface area contributed by atoms with Gasteiger partial charge in [0.15, 0.2) is 12.3 Å². The van der Waals surface area contributed by atoms with Gasteiger partial charge in [-0.05, 0) is 0 Å². The van der Waals surface area contributed by atoms with Gasteiger partial charge in [-0.3, -0.25) is 19.1 Å². The normalized spacial score (nSPS) is 30.2. The first-order valence-electron chi connectivity index (χ1n) is 5.43. The second-order valence-corrected chi connectivity index (χ2v) is 3.95. The highest BCUT2D eigenvalue weighted by Gasteiger charge is 2.46. The fourth-order valence-corrected chi connectivity index (χ4v) is 1.96. The minimum Gasteiger partial charge on any atom is -0.459 e. The number of H-pyrrole nitrogens is 1. The van der Waals surface area contributed by atoms with E-state index < -0.39 is 42.4 Å². The number of nitrogens with zero attached hydrogens (tertiary/aromatic N) is 1. The van der Waals surface area contributed by atoms with Crippen molar-refractivity contribution in [3.63, 3.8) is 0 Å². The Bertz CT molecular complexity index is 565. The average molecular weight is 272 g/mol. The van der Waals surface area contributed by atoms with Crippen molar-refractivity contribution in [2.45, 2.75) is 24.5 Å². The van der Waals surface area contributed by atoms with E-state index in [1.54, 1.807) is 0 Å². The topological polar surface area (TPSA) is 131 Å². The maximum atomic E-state index is 11.6. The summed E-state index contributed by atoms with van der Waals surface area (Å²) in [6.07, 6.45) is -3.40. The Balaban J connectivity index is 2.33. The Kier molecular flexibility index (Phi) is 3.79. The number of ether oxygens (including phenoxy) is 2. The number of aromatic nitrogens is 2. The molecule has 1 saturated heterocycles. The summed E-state index contributed by atoms with van der Waals surface area (Å²) in [5.41, 5.74) is -1.37. The molecule has 3 N–H and O–H groups in total. The highest BCUT2D eigenvalue weighted by molar-refractivity contribution is 5.38. The van der Waals surface area contributed by atoms with Gasteiger partial charge in [0.05, 0.1) is 6.61 Å². The van der Waals surface area contributed by atoms with Crippen molar-refractivity contribution in [3.05, 3.63) is 33.1 Å². The van der Waals surface area contributed by atoms with Crippen molar-refractivity contribution in [1.82, 2.24) is 9.55 Å². The number of aliphatic hydroxyl groups is 2. The van der Waals surface area contributed by atoms with Gasteiger partial charge in [0, 0.05) is 12.3 Å². The van der Waals surface area contributed by atoms with Crippen LogP contribution in [0.1, 0.15) is 6.23 Å². The summed E-state index contributed by atoms with van der Waals surface area (Å²) in [6, 6.07) is 1.08. The Morgan fingerprint density at radius 3 is 2.84 bits per heavy atom. The van der Waals surface area contributed by atoms with Crippen LogP contribution in [0.4, 0.5) is 0 Å². The first-order chi connectivity index (χ1) is 9.08. The first-order valence-corrected chi connectivity index (χ1v) is 5.43. The molecule has 0 bridgehead atoms. The SMILES string of the molecule is O=CO[C@@H]1[C@H](O)[C@H](n2ccc(=O)[nH]c2=O)O[C@@H]1CO. The van der Waals surface area contributed by atoms with Gasteiger partial charge in [0.2, 0.25) is 0 Å². The van der Waals surface area contributed by atoms with E-state index in [1.807, 2.05) is 4.98 Å². The number of carbonyl (C=O) groups excluding carboxylic acids is 1. The molecular formula is C10H12N2O7. The maximum absolute atomic E-state index is 11.6. The summed E-state index contributed by atoms with van der Waals surface area (Å²) in [7, 11) is 0. The van der Waals surface area contributed by atoms with Crippen LogP contribution in [0.25, 0.3) is 0 Å². The van der Waals surface area contributed by atoms with Crippen molar-refractivity contribution >= 4 is 6.47 Å². The number of carbonyl (C=O) groups is 1. The van der Waals surface area contributed by atoms with Crippen molar-refractivity contribution in [2.75, 3.05) is 6.61 Å². The average Bonchev–Trinajstić information content (AvgIpc) is 2.68. The Morgan fingerprint density at radius 2 is 2.26 bits per heavy atom. The molecule has 19 heavy (non-hydrogen) atoms. The van der Waals surface area contributed by atoms with E-state index in [-0.39, 0.29) is 6.47 Å². The quantitative estimate of drug-likeness (QED) is 0.509. The number of hydrogen-bond donors (Lipinski definition) is 3. The lowest BCUT2D eigenvalue weighted by Crippen LogP contribution is -2.38. The van der Waals surface area contributed by atoms with E-state index in [1.165, 1.54) is 0 Å². The number of rotatable bonds is 4. The number of nitrogens with one attached hydrogen (secondary N) is 1. The molecule has 0 aromatic carbocycles. The molecule has 0 saturated carbocycles. The van der Waals surface area contributed by atoms with Gasteiger partial charge in [0.1, 0.15) is 12.2 Å². The predicted molar refractivity (Wildman–Crippen MR) is 59.3 cm³/mol. The van der Waals surface area contributed by atoms with Gasteiger partial charge in [-0.25, -0.2) is 4.79 Å². The van der Waals surface area contributed by atoms with E-state index in [2.05, 4.69) is 4.74 Å². The monoisotopic (exact) mass is 272 g/mol. The Hall–Kier alpha value is -1.97. The van der Waals surface area contributed by atoms with Crippen LogP contribution in [0.3, 0.4) is 0 Å². The molecule has 104 valence electrons. The summed E-state index contributed by atoms with van der Waals surface area (Å²) in [4.78, 5) is 34.9. The van der Waals surface area contributed by atoms with E-state index in [9.17, 15) is 19.5 Å². The molecule has 1 fully saturated rings. The molecule has 9 nitrogen and oxygen atoms in total. The molecule has 1 aromatic heterocycles. The lowest BCUT2D eigenvalue weighted by molar-refractivity contribution is -0.140. The fraction of sp³-hybridized carbons (Fsp3) is 0.500. The van der Waals surface area contributed by atoms with E-state index in [0.717, 1.165) is 16.8 Å². The zero-order valence-electron chi connectivity index (χ0n) is 9.63. The third kappa shape index (κ3) is 2.43. The molecule has 0 spiro atoms. The van der Waals surface area contributed by atoms with E-state index in [0.29, 0.717) is 0 Å². The van der Waals surface area contributed by atoms with Gasteiger partial charge < -0.3 is 19.7 Å². The molecule has 1 aromatic rings. The maximum Gasteiger partial charge on any atom is 0.330 e. The van der Waals surface area contributed by atoms with Crippen molar-refractivity contribution in [3.8, 4) is 0 Å². The fourth-order valence-electron chi connectivity index (χ4n) is 1.96. The molecular weight excluding hydrogens is 260 g/mol. The van der Waals surface area contributed by atoms with Gasteiger partial charge in [-0.1, -0.05) is 0 Å². The van der Waals surface area contributed by atoms with Gasteiger partial charge in [-0.2, -0.15) is 0 Å². The summed E-state index contributed by atoms with van der Waals surface area (Å²) < 4.78 is 10.8. The lowest BCUT2D eigenvalue weighted by atomic mass is 10.1. The van der Waals surface area contributed by atoms with Crippen molar-refractivity contribution in [1.29, 1.82) is 0 Å². The smallest absolute Gasteiger partial charge is 0.330 e. The second-order valence-electron chi connectivity index (χ2n) is 3.95. The second kappa shape index (κ2) is 5.34. The Morgan fingerprint density at radius 1 is 1.53 bits per heavy atom. The standard InChI is InChI=1S/C10H12N2O7/c13-3-5-8(18-4-14)7(16)9(19-5)12-2-1-6(15)11-10(12)17/h1-2,4-5,7-9,13,16H,3H2,(H,11,15,17)/t5-,7+,8+,9-/m1/s1. The van der Waals surface area contributed by atoms with Gasteiger partial charge in [-0.15, -0.1) is 0 Å². The number of aromatic amines is 1. The largest absolute Gasteiger partial charge is 0.459 e. The lowest BCUT2D eigenvalue weighted by Gasteiger charge is -2.17. The van der Waals surface area contributed by atoms with E-state index in [4.69, 9.17) is 9.84 Å². The minimum atomic E-state index is -1.34. The molecule has 4 atom stereocenters. The van der Waals surface area contributed by atoms with Crippen LogP contribution in [-0.2, 0) is 14.3 Å². The van der Waals surface area contributed by atoms with Crippen LogP contribution in [-0.4, -0.2) is 51.2 Å². The van der Waals surface area contributed by atoms with Gasteiger partial charge in [0.25, 0.3) is 12.0 Å². The number of hydrogen-bond acceptors (Lipinski definition) is 7. The van der Waals surface area contributed by atoms with Crippen molar-refractivity contribution < 1.29 is 24.5 Å². The summed E-state index contributed by atoms with van der Waals surface area (Å²) >= 11 is 0. The van der Waals surface area contributed by atoms with Crippen molar-refractivity contribution in [2.24, 2.45) is 0 Å². The highest BCUT2D eigenvalue weighted by Crippen LogP contribution is 2.29. The third-order valence-electron chi connectivity index (χ3n) is 2.83. The van der Waals surface area contributed by atoms with E-state index >= 15 is 0 Å². The van der Waals surface area contributed by atoms with Crippen LogP contribution in [0.15, 0.2) is 21.9 Å². The Labute approximate surface area is 106 Å². The molecule has 0 unspecified atom stereocenters. The molecule has 1 aliphatic rings. The zero-order chi connectivity index (χ0) is 14.0. The molecule has 9 heteroatoms. The first kappa shape index (κ1) is 13.5. The number of aliphatic hydroxyl groups excluding tert-OH is 2. The molecule has 0 aliphatic carbocycles. The summed E-state index contributed by atoms with van der Waals surface area (Å²) in [6.45, 7) is -0.373. The zero-order valence-corrected chi connectivity index (χ0v) is 9.63. The molecule has 0 radical (unpaired) electrons. The third-order valence-corrected chi connectivity index (χ3v) is 2.83. The molecule has 1 aliphatic heterocycles. The summed E-state index contributed by atoms with van der Waals surface area (Å²) in [5.74, 6) is 0. The predicted octanol–water partition coefficient (Wildman–Crippen LogP) is -2.67. The van der Waals surface area contributed by atoms with Crippen LogP contribution < -0.4 is 11.2 Å². The minimum absolute atomic E-state index is 0.123. The highest BCUT2D eigenvalue weighted by atomic mass is 16.6. The van der Waals surface area contributed by atoms with Crippen LogP contribution in [0, 0.1) is 0 Å². The van der Waals surface area contributed by atoms with Crippen LogP contribution in [0.5, 0.6) is 0 Å². The van der Waals surface area contributed by atoms with Gasteiger partial charge >= 0.3 is 5.69 Å². The molecule has 2 rings (SSSR count). The molecule has 2 heterocycles.